The molecule has 0 amide bonds. The molecule has 0 atom stereocenters. The van der Waals surface area contributed by atoms with Crippen molar-refractivity contribution in [2.75, 3.05) is 0 Å². The summed E-state index contributed by atoms with van der Waals surface area (Å²) in [6.07, 6.45) is -2.83. The molecular formula is C14H11F3N4. The van der Waals surface area contributed by atoms with Crippen LogP contribution < -0.4 is 5.73 Å². The van der Waals surface area contributed by atoms with Gasteiger partial charge in [0.2, 0.25) is 0 Å². The zero-order chi connectivity index (χ0) is 15.0. The van der Waals surface area contributed by atoms with E-state index in [2.05, 4.69) is 10.1 Å². The number of nitrogens with two attached hydrogens (primary N) is 1. The maximum absolute atomic E-state index is 13.1. The van der Waals surface area contributed by atoms with Gasteiger partial charge in [-0.05, 0) is 12.1 Å². The molecule has 3 aromatic rings. The Balaban J connectivity index is 2.22. The lowest BCUT2D eigenvalue weighted by molar-refractivity contribution is -0.137. The Bertz CT molecular complexity index is 792. The normalized spacial score (nSPS) is 12.0. The van der Waals surface area contributed by atoms with E-state index < -0.39 is 11.7 Å². The monoisotopic (exact) mass is 292 g/mol. The number of halogens is 3. The van der Waals surface area contributed by atoms with Crippen LogP contribution in [0.15, 0.2) is 42.6 Å². The molecule has 1 aromatic carbocycles. The first-order chi connectivity index (χ1) is 10.0. The lowest BCUT2D eigenvalue weighted by Gasteiger charge is -2.09. The van der Waals surface area contributed by atoms with E-state index in [1.807, 2.05) is 0 Å². The number of rotatable bonds is 2. The number of alkyl halides is 3. The Morgan fingerprint density at radius 1 is 1.10 bits per heavy atom. The maximum Gasteiger partial charge on any atom is 0.417 e. The van der Waals surface area contributed by atoms with Crippen molar-refractivity contribution in [3.05, 3.63) is 53.7 Å². The van der Waals surface area contributed by atoms with Crippen molar-refractivity contribution in [2.24, 2.45) is 5.73 Å². The van der Waals surface area contributed by atoms with Crippen molar-refractivity contribution >= 4 is 5.65 Å². The lowest BCUT2D eigenvalue weighted by atomic mass is 10.1. The fourth-order valence-corrected chi connectivity index (χ4v) is 2.16. The quantitative estimate of drug-likeness (QED) is 0.790. The summed E-state index contributed by atoms with van der Waals surface area (Å²) in [5, 5.41) is 4.12. The van der Waals surface area contributed by atoms with Gasteiger partial charge in [-0.25, -0.2) is 9.50 Å². The van der Waals surface area contributed by atoms with Crippen LogP contribution in [0.25, 0.3) is 17.0 Å². The van der Waals surface area contributed by atoms with Crippen LogP contribution in [0.3, 0.4) is 0 Å². The first-order valence-corrected chi connectivity index (χ1v) is 6.21. The molecule has 21 heavy (non-hydrogen) atoms. The van der Waals surface area contributed by atoms with Gasteiger partial charge in [0, 0.05) is 23.9 Å². The van der Waals surface area contributed by atoms with E-state index in [1.165, 1.54) is 22.7 Å². The van der Waals surface area contributed by atoms with Gasteiger partial charge in [0.1, 0.15) is 0 Å². The minimum absolute atomic E-state index is 0.0313. The van der Waals surface area contributed by atoms with Crippen molar-refractivity contribution in [3.8, 4) is 11.4 Å². The molecule has 0 saturated carbocycles. The van der Waals surface area contributed by atoms with Gasteiger partial charge in [-0.2, -0.15) is 13.2 Å². The van der Waals surface area contributed by atoms with E-state index in [9.17, 15) is 13.2 Å². The van der Waals surface area contributed by atoms with Crippen molar-refractivity contribution in [2.45, 2.75) is 12.7 Å². The van der Waals surface area contributed by atoms with Gasteiger partial charge in [0.05, 0.1) is 5.56 Å². The Kier molecular flexibility index (Phi) is 3.13. The highest BCUT2D eigenvalue weighted by atomic mass is 19.4. The van der Waals surface area contributed by atoms with E-state index in [0.29, 0.717) is 5.65 Å². The van der Waals surface area contributed by atoms with Gasteiger partial charge in [0.15, 0.2) is 11.5 Å². The molecule has 0 bridgehead atoms. The van der Waals surface area contributed by atoms with Crippen LogP contribution in [0, 0.1) is 0 Å². The highest BCUT2D eigenvalue weighted by Crippen LogP contribution is 2.35. The van der Waals surface area contributed by atoms with Crippen molar-refractivity contribution < 1.29 is 13.2 Å². The summed E-state index contributed by atoms with van der Waals surface area (Å²) < 4.78 is 40.6. The van der Waals surface area contributed by atoms with E-state index in [1.54, 1.807) is 18.3 Å². The molecule has 0 unspecified atom stereocenters. The minimum Gasteiger partial charge on any atom is -0.326 e. The second-order valence-corrected chi connectivity index (χ2v) is 4.48. The Labute approximate surface area is 118 Å². The number of nitrogens with zero attached hydrogens (tertiary/aromatic N) is 3. The highest BCUT2D eigenvalue weighted by Gasteiger charge is 2.34. The second kappa shape index (κ2) is 4.85. The smallest absolute Gasteiger partial charge is 0.326 e. The first-order valence-electron chi connectivity index (χ1n) is 6.21. The fraction of sp³-hybridized carbons (Fsp3) is 0.143. The molecule has 108 valence electrons. The van der Waals surface area contributed by atoms with E-state index in [4.69, 9.17) is 5.73 Å². The van der Waals surface area contributed by atoms with Gasteiger partial charge in [0.25, 0.3) is 0 Å². The average molecular weight is 292 g/mol. The Hall–Kier alpha value is -2.41. The Morgan fingerprint density at radius 3 is 2.57 bits per heavy atom. The number of hydrogen-bond donors (Lipinski definition) is 1. The molecule has 2 aromatic heterocycles. The van der Waals surface area contributed by atoms with Crippen molar-refractivity contribution in [3.63, 3.8) is 0 Å². The van der Waals surface area contributed by atoms with Crippen molar-refractivity contribution in [1.29, 1.82) is 0 Å². The molecule has 0 aliphatic rings. The summed E-state index contributed by atoms with van der Waals surface area (Å²) in [4.78, 5) is 4.20. The zero-order valence-corrected chi connectivity index (χ0v) is 10.8. The summed E-state index contributed by atoms with van der Waals surface area (Å²) in [7, 11) is 0. The molecule has 4 nitrogen and oxygen atoms in total. The number of pyridine rings is 1. The molecule has 0 aliphatic heterocycles. The molecule has 0 radical (unpaired) electrons. The fourth-order valence-electron chi connectivity index (χ4n) is 2.16. The van der Waals surface area contributed by atoms with E-state index >= 15 is 0 Å². The molecule has 2 heterocycles. The van der Waals surface area contributed by atoms with Crippen LogP contribution in [0.4, 0.5) is 13.2 Å². The SMILES string of the molecule is NCc1cccn2nc(-c3ccccc3C(F)(F)F)nc12. The van der Waals surface area contributed by atoms with Crippen LogP contribution in [0.2, 0.25) is 0 Å². The maximum atomic E-state index is 13.1. The average Bonchev–Trinajstić information content (AvgIpc) is 2.90. The number of benzene rings is 1. The summed E-state index contributed by atoms with van der Waals surface area (Å²) in [5.74, 6) is 0.0313. The largest absolute Gasteiger partial charge is 0.417 e. The summed E-state index contributed by atoms with van der Waals surface area (Å²) in [6.45, 7) is 0.239. The third-order valence-corrected chi connectivity index (χ3v) is 3.14. The molecule has 0 spiro atoms. The third kappa shape index (κ3) is 2.36. The minimum atomic E-state index is -4.45. The topological polar surface area (TPSA) is 56.2 Å². The highest BCUT2D eigenvalue weighted by molar-refractivity contribution is 5.64. The van der Waals surface area contributed by atoms with Gasteiger partial charge in [-0.1, -0.05) is 24.3 Å². The van der Waals surface area contributed by atoms with E-state index in [0.717, 1.165) is 11.6 Å². The van der Waals surface area contributed by atoms with Gasteiger partial charge in [-0.3, -0.25) is 0 Å². The molecule has 0 saturated heterocycles. The first kappa shape index (κ1) is 13.6. The predicted molar refractivity (Wildman–Crippen MR) is 71.3 cm³/mol. The summed E-state index contributed by atoms with van der Waals surface area (Å²) in [6, 6.07) is 8.74. The second-order valence-electron chi connectivity index (χ2n) is 4.48. The third-order valence-electron chi connectivity index (χ3n) is 3.14. The van der Waals surface area contributed by atoms with Crippen LogP contribution in [-0.2, 0) is 12.7 Å². The molecule has 7 heteroatoms. The molecule has 2 N–H and O–H groups in total. The predicted octanol–water partition coefficient (Wildman–Crippen LogP) is 2.87. The summed E-state index contributed by atoms with van der Waals surface area (Å²) >= 11 is 0. The van der Waals surface area contributed by atoms with Crippen LogP contribution in [-0.4, -0.2) is 14.6 Å². The van der Waals surface area contributed by atoms with Gasteiger partial charge in [-0.15, -0.1) is 5.10 Å². The molecular weight excluding hydrogens is 281 g/mol. The standard InChI is InChI=1S/C14H11F3N4/c15-14(16,17)11-6-2-1-5-10(11)12-19-13-9(8-18)4-3-7-21(13)20-12/h1-7H,8,18H2. The lowest BCUT2D eigenvalue weighted by Crippen LogP contribution is -2.07. The summed E-state index contributed by atoms with van der Waals surface area (Å²) in [5.41, 5.74) is 5.99. The van der Waals surface area contributed by atoms with Crippen LogP contribution >= 0.6 is 0 Å². The van der Waals surface area contributed by atoms with Gasteiger partial charge < -0.3 is 5.73 Å². The zero-order valence-electron chi connectivity index (χ0n) is 10.8. The van der Waals surface area contributed by atoms with Crippen LogP contribution in [0.5, 0.6) is 0 Å². The number of hydrogen-bond acceptors (Lipinski definition) is 3. The number of aromatic nitrogens is 3. The Morgan fingerprint density at radius 2 is 1.86 bits per heavy atom. The van der Waals surface area contributed by atoms with Crippen LogP contribution in [0.1, 0.15) is 11.1 Å². The number of fused-ring (bicyclic) bond motifs is 1. The molecule has 0 aliphatic carbocycles. The van der Waals surface area contributed by atoms with Gasteiger partial charge >= 0.3 is 6.18 Å². The van der Waals surface area contributed by atoms with Crippen molar-refractivity contribution in [1.82, 2.24) is 14.6 Å². The van der Waals surface area contributed by atoms with E-state index in [-0.39, 0.29) is 17.9 Å². The molecule has 0 fully saturated rings. The molecule has 3 rings (SSSR count).